The highest BCUT2D eigenvalue weighted by atomic mass is 32.1. The second-order valence-electron chi connectivity index (χ2n) is 9.75. The first-order valence-corrected chi connectivity index (χ1v) is 13.9. The predicted molar refractivity (Wildman–Crippen MR) is 148 cm³/mol. The fraction of sp³-hybridized carbons (Fsp3) is 0.407. The highest BCUT2D eigenvalue weighted by Gasteiger charge is 2.31. The molecule has 1 aliphatic rings. The lowest BCUT2D eigenvalue weighted by molar-refractivity contribution is -0.126. The number of nitrogens with one attached hydrogen (secondary N) is 1. The summed E-state index contributed by atoms with van der Waals surface area (Å²) in [5, 5.41) is 11.9. The summed E-state index contributed by atoms with van der Waals surface area (Å²) in [6.45, 7) is 3.47. The highest BCUT2D eigenvalue weighted by Crippen LogP contribution is 2.34. The van der Waals surface area contributed by atoms with Crippen molar-refractivity contribution in [1.82, 2.24) is 29.4 Å². The molecule has 4 heterocycles. The minimum atomic E-state index is -0.995. The van der Waals surface area contributed by atoms with E-state index in [0.29, 0.717) is 46.1 Å². The Morgan fingerprint density at radius 2 is 2.00 bits per heavy atom. The molecule has 2 atom stereocenters. The normalized spacial score (nSPS) is 16.1. The molecule has 0 radical (unpaired) electrons. The number of hydrogen-bond donors (Lipinski definition) is 1. The number of nitrogens with zero attached hydrogens (tertiary/aromatic N) is 5. The van der Waals surface area contributed by atoms with Crippen LogP contribution in [-0.4, -0.2) is 56.1 Å². The van der Waals surface area contributed by atoms with Gasteiger partial charge in [0.1, 0.15) is 39.3 Å². The lowest BCUT2D eigenvalue weighted by atomic mass is 10.1. The zero-order chi connectivity index (χ0) is 29.3. The molecule has 216 valence electrons. The summed E-state index contributed by atoms with van der Waals surface area (Å²) < 4.78 is 28.3. The van der Waals surface area contributed by atoms with E-state index in [2.05, 4.69) is 15.5 Å². The maximum absolute atomic E-state index is 14.4. The standard InChI is InChI=1S/C27H29FN6O6S/c1-15(35)8-12-40-21(18-13-17(28)6-7-20(18)39-3)14-32-26-22(16(2)25(41-26)34-30-10-11-31-34)24(37)33(27(32)38)19-5-4-9-29-23(19)36/h6-7,10-11,13,19,21H,4-5,8-9,12,14H2,1-3H3,(H,29,36)/t19-,21+/m1/s1. The van der Waals surface area contributed by atoms with Gasteiger partial charge >= 0.3 is 5.69 Å². The molecule has 1 fully saturated rings. The summed E-state index contributed by atoms with van der Waals surface area (Å²) in [6, 6.07) is 2.95. The van der Waals surface area contributed by atoms with E-state index in [9.17, 15) is 23.6 Å². The van der Waals surface area contributed by atoms with Gasteiger partial charge in [0.15, 0.2) is 0 Å². The van der Waals surface area contributed by atoms with Gasteiger partial charge in [0.2, 0.25) is 5.91 Å². The number of aryl methyl sites for hydroxylation is 1. The molecule has 0 saturated carbocycles. The van der Waals surface area contributed by atoms with Gasteiger partial charge in [-0.3, -0.25) is 19.0 Å². The summed E-state index contributed by atoms with van der Waals surface area (Å²) in [4.78, 5) is 54.2. The summed E-state index contributed by atoms with van der Waals surface area (Å²) in [7, 11) is 1.43. The van der Waals surface area contributed by atoms with Gasteiger partial charge in [-0.1, -0.05) is 11.3 Å². The largest absolute Gasteiger partial charge is 0.496 e. The number of fused-ring (bicyclic) bond motifs is 1. The van der Waals surface area contributed by atoms with Crippen LogP contribution in [0, 0.1) is 12.7 Å². The van der Waals surface area contributed by atoms with Gasteiger partial charge in [-0.25, -0.2) is 13.8 Å². The van der Waals surface area contributed by atoms with Crippen molar-refractivity contribution in [3.63, 3.8) is 0 Å². The van der Waals surface area contributed by atoms with E-state index in [1.54, 1.807) is 6.92 Å². The molecule has 14 heteroatoms. The predicted octanol–water partition coefficient (Wildman–Crippen LogP) is 2.45. The Hall–Kier alpha value is -4.17. The van der Waals surface area contributed by atoms with Crippen LogP contribution in [0.25, 0.3) is 15.2 Å². The number of hydrogen-bond acceptors (Lipinski definition) is 9. The number of thiophene rings is 1. The van der Waals surface area contributed by atoms with Crippen LogP contribution in [0.15, 0.2) is 40.2 Å². The average Bonchev–Trinajstić information content (AvgIpc) is 3.59. The minimum Gasteiger partial charge on any atom is -0.496 e. The van der Waals surface area contributed by atoms with E-state index in [-0.39, 0.29) is 30.7 Å². The summed E-state index contributed by atoms with van der Waals surface area (Å²) >= 11 is 1.14. The van der Waals surface area contributed by atoms with Crippen molar-refractivity contribution in [1.29, 1.82) is 0 Å². The molecule has 0 unspecified atom stereocenters. The molecule has 4 aromatic rings. The van der Waals surface area contributed by atoms with Crippen LogP contribution in [0.1, 0.15) is 49.5 Å². The number of carbonyl (C=O) groups excluding carboxylic acids is 2. The second kappa shape index (κ2) is 11.7. The number of Topliss-reactive ketones (excluding diaryl/α,β-unsaturated/α-hetero) is 1. The smallest absolute Gasteiger partial charge is 0.332 e. The molecule has 0 spiro atoms. The number of amides is 1. The summed E-state index contributed by atoms with van der Waals surface area (Å²) in [5.41, 5.74) is -0.428. The Labute approximate surface area is 237 Å². The van der Waals surface area contributed by atoms with E-state index >= 15 is 0 Å². The van der Waals surface area contributed by atoms with E-state index < -0.39 is 35.1 Å². The Morgan fingerprint density at radius 1 is 1.24 bits per heavy atom. The average molecular weight is 585 g/mol. The first-order chi connectivity index (χ1) is 19.7. The fourth-order valence-corrected chi connectivity index (χ4v) is 6.23. The van der Waals surface area contributed by atoms with Crippen LogP contribution in [-0.2, 0) is 20.9 Å². The third-order valence-corrected chi connectivity index (χ3v) is 8.33. The second-order valence-corrected chi connectivity index (χ2v) is 10.7. The number of halogens is 1. The van der Waals surface area contributed by atoms with Crippen LogP contribution in [0.3, 0.4) is 0 Å². The monoisotopic (exact) mass is 584 g/mol. The van der Waals surface area contributed by atoms with Crippen LogP contribution in [0.5, 0.6) is 5.75 Å². The van der Waals surface area contributed by atoms with E-state index in [4.69, 9.17) is 9.47 Å². The number of ketones is 1. The molecule has 3 aromatic heterocycles. The van der Waals surface area contributed by atoms with Crippen molar-refractivity contribution in [2.45, 2.75) is 51.8 Å². The molecule has 1 aromatic carbocycles. The number of carbonyl (C=O) groups is 2. The van der Waals surface area contributed by atoms with Crippen molar-refractivity contribution in [2.75, 3.05) is 20.3 Å². The maximum Gasteiger partial charge on any atom is 0.332 e. The SMILES string of the molecule is COc1ccc(F)cc1[C@H](Cn1c(=O)n([C@@H]2CCCNC2=O)c(=O)c2c(C)c(-n3nccn3)sc21)OCCC(C)=O. The molecule has 0 bridgehead atoms. The van der Waals surface area contributed by atoms with Crippen LogP contribution >= 0.6 is 11.3 Å². The van der Waals surface area contributed by atoms with Gasteiger partial charge < -0.3 is 14.8 Å². The van der Waals surface area contributed by atoms with Gasteiger partial charge in [0, 0.05) is 24.1 Å². The zero-order valence-corrected chi connectivity index (χ0v) is 23.6. The minimum absolute atomic E-state index is 0.00809. The van der Waals surface area contributed by atoms with Crippen molar-refractivity contribution >= 4 is 33.2 Å². The Bertz CT molecular complexity index is 1730. The number of piperidine rings is 1. The van der Waals surface area contributed by atoms with Gasteiger partial charge in [-0.05, 0) is 44.9 Å². The molecule has 41 heavy (non-hydrogen) atoms. The first-order valence-electron chi connectivity index (χ1n) is 13.1. The van der Waals surface area contributed by atoms with Gasteiger partial charge in [-0.15, -0.1) is 4.80 Å². The molecule has 12 nitrogen and oxygen atoms in total. The summed E-state index contributed by atoms with van der Waals surface area (Å²) in [5.74, 6) is -0.727. The lowest BCUT2D eigenvalue weighted by Gasteiger charge is -2.26. The quantitative estimate of drug-likeness (QED) is 0.300. The van der Waals surface area contributed by atoms with Crippen molar-refractivity contribution in [3.05, 3.63) is 68.4 Å². The number of benzene rings is 1. The van der Waals surface area contributed by atoms with Crippen LogP contribution in [0.2, 0.25) is 0 Å². The molecule has 0 aliphatic carbocycles. The number of rotatable bonds is 10. The van der Waals surface area contributed by atoms with Crippen LogP contribution < -0.4 is 21.3 Å². The Balaban J connectivity index is 1.74. The van der Waals surface area contributed by atoms with Crippen molar-refractivity contribution < 1.29 is 23.5 Å². The van der Waals surface area contributed by atoms with E-state index in [1.165, 1.54) is 54.0 Å². The Kier molecular flexibility index (Phi) is 8.13. The van der Waals surface area contributed by atoms with Crippen molar-refractivity contribution in [2.24, 2.45) is 0 Å². The highest BCUT2D eigenvalue weighted by molar-refractivity contribution is 7.21. The molecular formula is C27H29FN6O6S. The molecule has 5 rings (SSSR count). The Morgan fingerprint density at radius 3 is 2.68 bits per heavy atom. The first kappa shape index (κ1) is 28.4. The zero-order valence-electron chi connectivity index (χ0n) is 22.8. The number of ether oxygens (including phenoxy) is 2. The van der Waals surface area contributed by atoms with Crippen LogP contribution in [0.4, 0.5) is 4.39 Å². The van der Waals surface area contributed by atoms with Gasteiger partial charge in [0.25, 0.3) is 5.56 Å². The van der Waals surface area contributed by atoms with Crippen molar-refractivity contribution in [3.8, 4) is 10.8 Å². The van der Waals surface area contributed by atoms with E-state index in [1.807, 2.05) is 0 Å². The topological polar surface area (TPSA) is 139 Å². The van der Waals surface area contributed by atoms with Gasteiger partial charge in [0.05, 0.1) is 38.0 Å². The molecular weight excluding hydrogens is 555 g/mol. The molecule has 1 aliphatic heterocycles. The molecule has 1 N–H and O–H groups in total. The fourth-order valence-electron chi connectivity index (χ4n) is 5.01. The number of aromatic nitrogens is 5. The number of methoxy groups -OCH3 is 1. The maximum atomic E-state index is 14.4. The third kappa shape index (κ3) is 5.44. The molecule has 1 amide bonds. The summed E-state index contributed by atoms with van der Waals surface area (Å²) in [6.07, 6.45) is 3.07. The molecule has 1 saturated heterocycles. The van der Waals surface area contributed by atoms with Gasteiger partial charge in [-0.2, -0.15) is 10.2 Å². The van der Waals surface area contributed by atoms with E-state index in [0.717, 1.165) is 15.9 Å². The third-order valence-electron chi connectivity index (χ3n) is 7.05. The lowest BCUT2D eigenvalue weighted by Crippen LogP contribution is -2.49.